The molecule has 2 aromatic rings. The Labute approximate surface area is 95.5 Å². The number of pyridine rings is 2. The molecule has 0 saturated carbocycles. The molecule has 0 aromatic carbocycles. The second-order valence-electron chi connectivity index (χ2n) is 3.15. The van der Waals surface area contributed by atoms with Gasteiger partial charge in [0, 0.05) is 18.6 Å². The minimum absolute atomic E-state index is 0.0265. The van der Waals surface area contributed by atoms with Crippen LogP contribution in [-0.4, -0.2) is 9.55 Å². The van der Waals surface area contributed by atoms with Crippen LogP contribution in [0.15, 0.2) is 52.1 Å². The lowest BCUT2D eigenvalue weighted by Crippen LogP contribution is -2.20. The minimum Gasteiger partial charge on any atom is -0.310 e. The van der Waals surface area contributed by atoms with E-state index in [1.807, 2.05) is 18.2 Å². The molecule has 4 heteroatoms. The summed E-state index contributed by atoms with van der Waals surface area (Å²) in [6.07, 6.45) is 5.24. The summed E-state index contributed by atoms with van der Waals surface area (Å²) in [5.74, 6) is 0. The third-order valence-corrected chi connectivity index (χ3v) is 2.65. The maximum Gasteiger partial charge on any atom is 0.265 e. The van der Waals surface area contributed by atoms with Crippen LogP contribution >= 0.6 is 15.9 Å². The summed E-state index contributed by atoms with van der Waals surface area (Å²) >= 11 is 3.21. The van der Waals surface area contributed by atoms with Gasteiger partial charge >= 0.3 is 0 Å². The third kappa shape index (κ3) is 2.33. The van der Waals surface area contributed by atoms with Crippen molar-refractivity contribution >= 4 is 15.9 Å². The van der Waals surface area contributed by atoms with Crippen LogP contribution in [0, 0.1) is 0 Å². The summed E-state index contributed by atoms with van der Waals surface area (Å²) in [5.41, 5.74) is 0.985. The van der Waals surface area contributed by atoms with Crippen molar-refractivity contribution in [2.75, 3.05) is 0 Å². The van der Waals surface area contributed by atoms with Gasteiger partial charge in [0.1, 0.15) is 0 Å². The van der Waals surface area contributed by atoms with Crippen LogP contribution in [0.3, 0.4) is 0 Å². The first-order chi connectivity index (χ1) is 7.27. The largest absolute Gasteiger partial charge is 0.310 e. The molecule has 15 heavy (non-hydrogen) atoms. The second-order valence-corrected chi connectivity index (χ2v) is 4.00. The van der Waals surface area contributed by atoms with Crippen LogP contribution in [0.2, 0.25) is 0 Å². The van der Waals surface area contributed by atoms with E-state index in [-0.39, 0.29) is 5.56 Å². The molecule has 3 nitrogen and oxygen atoms in total. The molecule has 76 valence electrons. The SMILES string of the molecule is O=c1c(Br)cccn1Cc1cccnc1. The molecule has 0 radical (unpaired) electrons. The topological polar surface area (TPSA) is 34.9 Å². The Kier molecular flexibility index (Phi) is 2.97. The van der Waals surface area contributed by atoms with Crippen molar-refractivity contribution < 1.29 is 0 Å². The summed E-state index contributed by atoms with van der Waals surface area (Å²) in [6.45, 7) is 0.548. The van der Waals surface area contributed by atoms with Gasteiger partial charge in [0.25, 0.3) is 5.56 Å². The van der Waals surface area contributed by atoms with Gasteiger partial charge < -0.3 is 4.57 Å². The fourth-order valence-corrected chi connectivity index (χ4v) is 1.70. The molecule has 0 atom stereocenters. The second kappa shape index (κ2) is 4.40. The van der Waals surface area contributed by atoms with Gasteiger partial charge in [0.05, 0.1) is 11.0 Å². The number of halogens is 1. The average molecular weight is 265 g/mol. The molecule has 0 saturated heterocycles. The molecular formula is C11H9BrN2O. The third-order valence-electron chi connectivity index (χ3n) is 2.05. The van der Waals surface area contributed by atoms with E-state index < -0.39 is 0 Å². The Morgan fingerprint density at radius 2 is 2.20 bits per heavy atom. The van der Waals surface area contributed by atoms with E-state index in [1.165, 1.54) is 0 Å². The average Bonchev–Trinajstić information content (AvgIpc) is 2.26. The van der Waals surface area contributed by atoms with Gasteiger partial charge in [-0.2, -0.15) is 0 Å². The van der Waals surface area contributed by atoms with Crippen LogP contribution in [0.5, 0.6) is 0 Å². The van der Waals surface area contributed by atoms with Crippen LogP contribution in [0.1, 0.15) is 5.56 Å². The van der Waals surface area contributed by atoms with E-state index in [0.29, 0.717) is 11.0 Å². The van der Waals surface area contributed by atoms with E-state index in [2.05, 4.69) is 20.9 Å². The molecule has 0 spiro atoms. The van der Waals surface area contributed by atoms with Crippen molar-refractivity contribution in [3.8, 4) is 0 Å². The predicted octanol–water partition coefficient (Wildman–Crippen LogP) is 2.05. The number of aromatic nitrogens is 2. The van der Waals surface area contributed by atoms with Crippen molar-refractivity contribution in [3.63, 3.8) is 0 Å². The smallest absolute Gasteiger partial charge is 0.265 e. The number of hydrogen-bond acceptors (Lipinski definition) is 2. The van der Waals surface area contributed by atoms with Crippen molar-refractivity contribution in [1.82, 2.24) is 9.55 Å². The predicted molar refractivity (Wildman–Crippen MR) is 61.7 cm³/mol. The fourth-order valence-electron chi connectivity index (χ4n) is 1.32. The molecule has 0 aliphatic rings. The summed E-state index contributed by atoms with van der Waals surface area (Å²) in [6, 6.07) is 7.38. The van der Waals surface area contributed by atoms with Crippen molar-refractivity contribution in [2.45, 2.75) is 6.54 Å². The zero-order valence-corrected chi connectivity index (χ0v) is 9.52. The van der Waals surface area contributed by atoms with Crippen LogP contribution in [0.4, 0.5) is 0 Å². The molecule has 0 N–H and O–H groups in total. The van der Waals surface area contributed by atoms with Gasteiger partial charge in [0.15, 0.2) is 0 Å². The number of hydrogen-bond donors (Lipinski definition) is 0. The molecular weight excluding hydrogens is 256 g/mol. The van der Waals surface area contributed by atoms with Gasteiger partial charge in [-0.15, -0.1) is 0 Å². The lowest BCUT2D eigenvalue weighted by molar-refractivity contribution is 0.752. The first-order valence-corrected chi connectivity index (χ1v) is 5.30. The Hall–Kier alpha value is -1.42. The van der Waals surface area contributed by atoms with Gasteiger partial charge in [-0.1, -0.05) is 6.07 Å². The van der Waals surface area contributed by atoms with E-state index in [9.17, 15) is 4.79 Å². The Morgan fingerprint density at radius 3 is 2.93 bits per heavy atom. The van der Waals surface area contributed by atoms with Crippen LogP contribution in [-0.2, 0) is 6.54 Å². The zero-order valence-electron chi connectivity index (χ0n) is 7.93. The molecule has 2 aromatic heterocycles. The van der Waals surface area contributed by atoms with Crippen molar-refractivity contribution in [3.05, 3.63) is 63.2 Å². The van der Waals surface area contributed by atoms with Crippen molar-refractivity contribution in [2.24, 2.45) is 0 Å². The van der Waals surface area contributed by atoms with Gasteiger partial charge in [-0.3, -0.25) is 9.78 Å². The zero-order chi connectivity index (χ0) is 10.7. The lowest BCUT2D eigenvalue weighted by atomic mass is 10.3. The first kappa shape index (κ1) is 10.1. The Bertz CT molecular complexity index is 507. The highest BCUT2D eigenvalue weighted by molar-refractivity contribution is 9.10. The van der Waals surface area contributed by atoms with Crippen LogP contribution in [0.25, 0.3) is 0 Å². The maximum absolute atomic E-state index is 11.7. The summed E-state index contributed by atoms with van der Waals surface area (Å²) in [7, 11) is 0. The summed E-state index contributed by atoms with van der Waals surface area (Å²) in [5, 5.41) is 0. The molecule has 2 heterocycles. The quantitative estimate of drug-likeness (QED) is 0.833. The summed E-state index contributed by atoms with van der Waals surface area (Å²) < 4.78 is 2.22. The number of rotatable bonds is 2. The van der Waals surface area contributed by atoms with E-state index in [4.69, 9.17) is 0 Å². The molecule has 0 unspecified atom stereocenters. The monoisotopic (exact) mass is 264 g/mol. The first-order valence-electron chi connectivity index (χ1n) is 4.51. The molecule has 0 aliphatic heterocycles. The number of nitrogens with zero attached hydrogens (tertiary/aromatic N) is 2. The Balaban J connectivity index is 2.33. The minimum atomic E-state index is -0.0265. The Morgan fingerprint density at radius 1 is 1.33 bits per heavy atom. The van der Waals surface area contributed by atoms with Crippen LogP contribution < -0.4 is 5.56 Å². The molecule has 0 bridgehead atoms. The highest BCUT2D eigenvalue weighted by Gasteiger charge is 2.00. The highest BCUT2D eigenvalue weighted by Crippen LogP contribution is 2.03. The lowest BCUT2D eigenvalue weighted by Gasteiger charge is -2.04. The fraction of sp³-hybridized carbons (Fsp3) is 0.0909. The van der Waals surface area contributed by atoms with Gasteiger partial charge in [-0.25, -0.2) is 0 Å². The van der Waals surface area contributed by atoms with E-state index >= 15 is 0 Å². The van der Waals surface area contributed by atoms with E-state index in [0.717, 1.165) is 5.56 Å². The molecule has 0 fully saturated rings. The van der Waals surface area contributed by atoms with E-state index in [1.54, 1.807) is 29.2 Å². The highest BCUT2D eigenvalue weighted by atomic mass is 79.9. The standard InChI is InChI=1S/C11H9BrN2O/c12-10-4-2-6-14(11(10)15)8-9-3-1-5-13-7-9/h1-7H,8H2. The normalized spacial score (nSPS) is 10.2. The van der Waals surface area contributed by atoms with Crippen molar-refractivity contribution in [1.29, 1.82) is 0 Å². The molecule has 0 amide bonds. The molecule has 0 aliphatic carbocycles. The summed E-state index contributed by atoms with van der Waals surface area (Å²) in [4.78, 5) is 15.7. The van der Waals surface area contributed by atoms with Gasteiger partial charge in [0.2, 0.25) is 0 Å². The maximum atomic E-state index is 11.7. The molecule has 2 rings (SSSR count). The van der Waals surface area contributed by atoms with Gasteiger partial charge in [-0.05, 0) is 39.7 Å².